The molecule has 1 fully saturated rings. The number of ether oxygens (including phenoxy) is 1. The van der Waals surface area contributed by atoms with Gasteiger partial charge in [-0.15, -0.1) is 0 Å². The van der Waals surface area contributed by atoms with Crippen molar-refractivity contribution in [3.63, 3.8) is 0 Å². The molecule has 2 rings (SSSR count). The van der Waals surface area contributed by atoms with E-state index in [2.05, 4.69) is 29.1 Å². The first-order valence-corrected chi connectivity index (χ1v) is 5.88. The van der Waals surface area contributed by atoms with Crippen molar-refractivity contribution in [2.24, 2.45) is 5.92 Å². The summed E-state index contributed by atoms with van der Waals surface area (Å²) in [5, 5.41) is 3.33. The van der Waals surface area contributed by atoms with Crippen molar-refractivity contribution in [2.75, 3.05) is 19.7 Å². The van der Waals surface area contributed by atoms with Gasteiger partial charge in [-0.1, -0.05) is 13.8 Å². The standard InChI is InChI=1S/C12H19N3O/c1-9(2)5-10-6-14-8-15-12(10)11-7-13-3-4-16-11/h6,8-9,11,13H,3-5,7H2,1-2H3. The molecule has 88 valence electrons. The summed E-state index contributed by atoms with van der Waals surface area (Å²) >= 11 is 0. The molecule has 1 N–H and O–H groups in total. The minimum Gasteiger partial charge on any atom is -0.369 e. The molecule has 2 heterocycles. The predicted octanol–water partition coefficient (Wildman–Crippen LogP) is 1.34. The summed E-state index contributed by atoms with van der Waals surface area (Å²) in [4.78, 5) is 8.49. The SMILES string of the molecule is CC(C)Cc1cncnc1C1CNCCO1. The molecule has 1 atom stereocenters. The summed E-state index contributed by atoms with van der Waals surface area (Å²) in [5.74, 6) is 0.612. The molecule has 1 aliphatic rings. The molecule has 1 aromatic rings. The summed E-state index contributed by atoms with van der Waals surface area (Å²) in [5.41, 5.74) is 2.27. The van der Waals surface area contributed by atoms with Gasteiger partial charge in [0, 0.05) is 19.3 Å². The van der Waals surface area contributed by atoms with Gasteiger partial charge in [0.05, 0.1) is 12.3 Å². The van der Waals surface area contributed by atoms with Crippen molar-refractivity contribution in [3.8, 4) is 0 Å². The van der Waals surface area contributed by atoms with Crippen LogP contribution >= 0.6 is 0 Å². The highest BCUT2D eigenvalue weighted by atomic mass is 16.5. The molecule has 0 aliphatic carbocycles. The van der Waals surface area contributed by atoms with Crippen molar-refractivity contribution >= 4 is 0 Å². The lowest BCUT2D eigenvalue weighted by atomic mass is 10.0. The molecule has 1 saturated heterocycles. The molecule has 0 bridgehead atoms. The zero-order valence-corrected chi connectivity index (χ0v) is 9.94. The number of nitrogens with zero attached hydrogens (tertiary/aromatic N) is 2. The highest BCUT2D eigenvalue weighted by molar-refractivity contribution is 5.19. The molecule has 1 aliphatic heterocycles. The molecule has 1 unspecified atom stereocenters. The average molecular weight is 221 g/mol. The number of morpholine rings is 1. The van der Waals surface area contributed by atoms with E-state index in [1.165, 1.54) is 5.56 Å². The van der Waals surface area contributed by atoms with E-state index in [-0.39, 0.29) is 6.10 Å². The maximum absolute atomic E-state index is 5.73. The van der Waals surface area contributed by atoms with Crippen molar-refractivity contribution in [1.82, 2.24) is 15.3 Å². The molecule has 4 heteroatoms. The second kappa shape index (κ2) is 5.37. The normalized spacial score (nSPS) is 21.3. The van der Waals surface area contributed by atoms with Crippen LogP contribution in [0.3, 0.4) is 0 Å². The number of hydrogen-bond donors (Lipinski definition) is 1. The van der Waals surface area contributed by atoms with Gasteiger partial charge in [0.15, 0.2) is 0 Å². The van der Waals surface area contributed by atoms with Crippen LogP contribution in [0.15, 0.2) is 12.5 Å². The second-order valence-electron chi connectivity index (χ2n) is 4.59. The quantitative estimate of drug-likeness (QED) is 0.836. The van der Waals surface area contributed by atoms with Crippen LogP contribution in [0, 0.1) is 5.92 Å². The average Bonchev–Trinajstić information content (AvgIpc) is 2.30. The first-order valence-electron chi connectivity index (χ1n) is 5.88. The van der Waals surface area contributed by atoms with E-state index in [0.717, 1.165) is 31.8 Å². The van der Waals surface area contributed by atoms with Crippen LogP contribution in [0.25, 0.3) is 0 Å². The summed E-state index contributed by atoms with van der Waals surface area (Å²) in [6, 6.07) is 0. The molecule has 0 amide bonds. The first kappa shape index (κ1) is 11.5. The number of rotatable bonds is 3. The lowest BCUT2D eigenvalue weighted by Crippen LogP contribution is -2.34. The first-order chi connectivity index (χ1) is 7.77. The van der Waals surface area contributed by atoms with Gasteiger partial charge < -0.3 is 10.1 Å². The minimum absolute atomic E-state index is 0.0884. The zero-order valence-electron chi connectivity index (χ0n) is 9.94. The van der Waals surface area contributed by atoms with Crippen LogP contribution in [0.2, 0.25) is 0 Å². The Labute approximate surface area is 96.4 Å². The van der Waals surface area contributed by atoms with E-state index in [1.807, 2.05) is 6.20 Å². The lowest BCUT2D eigenvalue weighted by molar-refractivity contribution is 0.0242. The molecule has 0 saturated carbocycles. The maximum Gasteiger partial charge on any atom is 0.115 e. The Morgan fingerprint density at radius 1 is 1.56 bits per heavy atom. The molecule has 16 heavy (non-hydrogen) atoms. The van der Waals surface area contributed by atoms with E-state index in [9.17, 15) is 0 Å². The van der Waals surface area contributed by atoms with Crippen molar-refractivity contribution in [3.05, 3.63) is 23.8 Å². The predicted molar refractivity (Wildman–Crippen MR) is 62.1 cm³/mol. The van der Waals surface area contributed by atoms with Gasteiger partial charge in [0.25, 0.3) is 0 Å². The van der Waals surface area contributed by atoms with Gasteiger partial charge in [-0.2, -0.15) is 0 Å². The summed E-state index contributed by atoms with van der Waals surface area (Å²) < 4.78 is 5.73. The third-order valence-corrected chi connectivity index (χ3v) is 2.68. The maximum atomic E-state index is 5.73. The summed E-state index contributed by atoms with van der Waals surface area (Å²) in [6.45, 7) is 6.95. The van der Waals surface area contributed by atoms with Crippen molar-refractivity contribution in [2.45, 2.75) is 26.4 Å². The smallest absolute Gasteiger partial charge is 0.115 e. The van der Waals surface area contributed by atoms with Gasteiger partial charge >= 0.3 is 0 Å². The fourth-order valence-electron chi connectivity index (χ4n) is 2.00. The van der Waals surface area contributed by atoms with E-state index in [0.29, 0.717) is 5.92 Å². The van der Waals surface area contributed by atoms with Gasteiger partial charge in [0.1, 0.15) is 12.4 Å². The lowest BCUT2D eigenvalue weighted by Gasteiger charge is -2.24. The molecular formula is C12H19N3O. The van der Waals surface area contributed by atoms with Crippen LogP contribution in [0.1, 0.15) is 31.2 Å². The third-order valence-electron chi connectivity index (χ3n) is 2.68. The van der Waals surface area contributed by atoms with Crippen LogP contribution in [0.4, 0.5) is 0 Å². The number of aromatic nitrogens is 2. The van der Waals surface area contributed by atoms with Gasteiger partial charge in [-0.3, -0.25) is 0 Å². The Hall–Kier alpha value is -1.00. The summed E-state index contributed by atoms with van der Waals surface area (Å²) in [6.07, 6.45) is 4.62. The molecule has 0 radical (unpaired) electrons. The summed E-state index contributed by atoms with van der Waals surface area (Å²) in [7, 11) is 0. The van der Waals surface area contributed by atoms with Gasteiger partial charge in [0.2, 0.25) is 0 Å². The third kappa shape index (κ3) is 2.77. The largest absolute Gasteiger partial charge is 0.369 e. The fourth-order valence-corrected chi connectivity index (χ4v) is 2.00. The van der Waals surface area contributed by atoms with Crippen LogP contribution < -0.4 is 5.32 Å². The molecule has 0 aromatic carbocycles. The fraction of sp³-hybridized carbons (Fsp3) is 0.667. The van der Waals surface area contributed by atoms with E-state index < -0.39 is 0 Å². The Kier molecular flexibility index (Phi) is 3.85. The molecule has 1 aromatic heterocycles. The Bertz CT molecular complexity index is 335. The molecule has 4 nitrogen and oxygen atoms in total. The van der Waals surface area contributed by atoms with Crippen molar-refractivity contribution < 1.29 is 4.74 Å². The van der Waals surface area contributed by atoms with Crippen molar-refractivity contribution in [1.29, 1.82) is 0 Å². The minimum atomic E-state index is 0.0884. The van der Waals surface area contributed by atoms with Gasteiger partial charge in [-0.25, -0.2) is 9.97 Å². The van der Waals surface area contributed by atoms with Gasteiger partial charge in [-0.05, 0) is 17.9 Å². The van der Waals surface area contributed by atoms with Crippen LogP contribution in [0.5, 0.6) is 0 Å². The highest BCUT2D eigenvalue weighted by Crippen LogP contribution is 2.21. The highest BCUT2D eigenvalue weighted by Gasteiger charge is 2.20. The number of nitrogens with one attached hydrogen (secondary N) is 1. The topological polar surface area (TPSA) is 47.0 Å². The van der Waals surface area contributed by atoms with E-state index >= 15 is 0 Å². The Balaban J connectivity index is 2.17. The van der Waals surface area contributed by atoms with Crippen LogP contribution in [-0.2, 0) is 11.2 Å². The van der Waals surface area contributed by atoms with E-state index in [4.69, 9.17) is 4.74 Å². The second-order valence-corrected chi connectivity index (χ2v) is 4.59. The Morgan fingerprint density at radius 3 is 3.12 bits per heavy atom. The van der Waals surface area contributed by atoms with Crippen LogP contribution in [-0.4, -0.2) is 29.7 Å². The number of hydrogen-bond acceptors (Lipinski definition) is 4. The molecule has 0 spiro atoms. The van der Waals surface area contributed by atoms with E-state index in [1.54, 1.807) is 6.33 Å². The zero-order chi connectivity index (χ0) is 11.4. The monoisotopic (exact) mass is 221 g/mol. The Morgan fingerprint density at radius 2 is 2.44 bits per heavy atom. The molecular weight excluding hydrogens is 202 g/mol.